The molecular formula is C22H22N4O3. The highest BCUT2D eigenvalue weighted by Gasteiger charge is 2.35. The topological polar surface area (TPSA) is 76.5 Å². The van der Waals surface area contributed by atoms with Gasteiger partial charge in [0.15, 0.2) is 0 Å². The average Bonchev–Trinajstić information content (AvgIpc) is 3.38. The smallest absolute Gasteiger partial charge is 0.229 e. The molecule has 3 aromatic rings. The number of carbonyl (C=O) groups excluding carboxylic acids is 2. The lowest BCUT2D eigenvalue weighted by atomic mass is 10.1. The third-order valence-corrected chi connectivity index (χ3v) is 4.98. The Morgan fingerprint density at radius 3 is 2.76 bits per heavy atom. The number of anilines is 2. The first-order chi connectivity index (χ1) is 14.1. The predicted molar refractivity (Wildman–Crippen MR) is 110 cm³/mol. The molecule has 1 aliphatic rings. The minimum absolute atomic E-state index is 0.0530. The molecule has 1 aromatic heterocycles. The number of nitrogens with zero attached hydrogens (tertiary/aromatic N) is 3. The SMILES string of the molecule is COc1ccc(N2CC(C(=O)Nc3cccc(Cn4cccn4)c3)CC2=O)cc1. The number of methoxy groups -OCH3 is 1. The van der Waals surface area contributed by atoms with Gasteiger partial charge in [-0.3, -0.25) is 14.3 Å². The van der Waals surface area contributed by atoms with Gasteiger partial charge in [-0.2, -0.15) is 5.10 Å². The fourth-order valence-corrected chi connectivity index (χ4v) is 3.47. The number of aromatic nitrogens is 2. The number of carbonyl (C=O) groups is 2. The molecule has 1 N–H and O–H groups in total. The van der Waals surface area contributed by atoms with E-state index in [1.807, 2.05) is 53.3 Å². The minimum atomic E-state index is -0.389. The molecule has 29 heavy (non-hydrogen) atoms. The molecule has 0 spiro atoms. The number of nitrogens with one attached hydrogen (secondary N) is 1. The van der Waals surface area contributed by atoms with Crippen LogP contribution in [-0.2, 0) is 16.1 Å². The molecule has 1 atom stereocenters. The number of rotatable bonds is 6. The standard InChI is InChI=1S/C22H22N4O3/c1-29-20-8-6-19(7-9-20)26-15-17(13-21(26)27)22(28)24-18-5-2-4-16(12-18)14-25-11-3-10-23-25/h2-12,17H,13-15H2,1H3,(H,24,28). The van der Waals surface area contributed by atoms with Gasteiger partial charge in [-0.15, -0.1) is 0 Å². The Bertz CT molecular complexity index is 999. The monoisotopic (exact) mass is 390 g/mol. The van der Waals surface area contributed by atoms with Crippen molar-refractivity contribution in [3.8, 4) is 5.75 Å². The molecule has 0 bridgehead atoms. The molecule has 4 rings (SSSR count). The van der Waals surface area contributed by atoms with Gasteiger partial charge in [-0.1, -0.05) is 12.1 Å². The molecule has 1 aliphatic heterocycles. The van der Waals surface area contributed by atoms with Gasteiger partial charge in [0.1, 0.15) is 5.75 Å². The second kappa shape index (κ2) is 8.18. The number of hydrogen-bond acceptors (Lipinski definition) is 4. The summed E-state index contributed by atoms with van der Waals surface area (Å²) < 4.78 is 6.98. The molecule has 148 valence electrons. The van der Waals surface area contributed by atoms with E-state index >= 15 is 0 Å². The normalized spacial score (nSPS) is 16.1. The van der Waals surface area contributed by atoms with Crippen molar-refractivity contribution in [3.63, 3.8) is 0 Å². The van der Waals surface area contributed by atoms with E-state index < -0.39 is 0 Å². The van der Waals surface area contributed by atoms with Crippen LogP contribution in [0.3, 0.4) is 0 Å². The van der Waals surface area contributed by atoms with Crippen LogP contribution in [0, 0.1) is 5.92 Å². The third kappa shape index (κ3) is 4.29. The summed E-state index contributed by atoms with van der Waals surface area (Å²) in [7, 11) is 1.60. The van der Waals surface area contributed by atoms with Gasteiger partial charge in [0, 0.05) is 36.7 Å². The summed E-state index contributed by atoms with van der Waals surface area (Å²) in [5.41, 5.74) is 2.52. The van der Waals surface area contributed by atoms with Crippen LogP contribution in [0.1, 0.15) is 12.0 Å². The maximum atomic E-state index is 12.7. The van der Waals surface area contributed by atoms with Gasteiger partial charge in [0.25, 0.3) is 0 Å². The van der Waals surface area contributed by atoms with E-state index in [0.717, 1.165) is 22.7 Å². The maximum absolute atomic E-state index is 12.7. The summed E-state index contributed by atoms with van der Waals surface area (Å²) in [4.78, 5) is 26.8. The van der Waals surface area contributed by atoms with Crippen LogP contribution in [0.15, 0.2) is 67.0 Å². The molecular weight excluding hydrogens is 368 g/mol. The van der Waals surface area contributed by atoms with E-state index in [1.165, 1.54) is 0 Å². The van der Waals surface area contributed by atoms with Gasteiger partial charge >= 0.3 is 0 Å². The Kier molecular flexibility index (Phi) is 5.29. The van der Waals surface area contributed by atoms with E-state index in [0.29, 0.717) is 13.1 Å². The minimum Gasteiger partial charge on any atom is -0.497 e. The largest absolute Gasteiger partial charge is 0.497 e. The van der Waals surface area contributed by atoms with E-state index in [9.17, 15) is 9.59 Å². The molecule has 2 amide bonds. The van der Waals surface area contributed by atoms with E-state index in [4.69, 9.17) is 4.74 Å². The van der Waals surface area contributed by atoms with Crippen LogP contribution in [0.25, 0.3) is 0 Å². The zero-order valence-electron chi connectivity index (χ0n) is 16.1. The highest BCUT2D eigenvalue weighted by Crippen LogP contribution is 2.27. The summed E-state index contributed by atoms with van der Waals surface area (Å²) in [5.74, 6) is 0.136. The van der Waals surface area contributed by atoms with Gasteiger partial charge in [0.05, 0.1) is 19.6 Å². The number of amides is 2. The lowest BCUT2D eigenvalue weighted by Gasteiger charge is -2.17. The highest BCUT2D eigenvalue weighted by atomic mass is 16.5. The van der Waals surface area contributed by atoms with Crippen LogP contribution in [0.4, 0.5) is 11.4 Å². The van der Waals surface area contributed by atoms with Crippen molar-refractivity contribution in [2.45, 2.75) is 13.0 Å². The number of benzene rings is 2. The first-order valence-corrected chi connectivity index (χ1v) is 9.44. The molecule has 2 aromatic carbocycles. The molecule has 2 heterocycles. The first kappa shape index (κ1) is 18.7. The van der Waals surface area contributed by atoms with E-state index in [2.05, 4.69) is 10.4 Å². The molecule has 0 radical (unpaired) electrons. The number of hydrogen-bond donors (Lipinski definition) is 1. The van der Waals surface area contributed by atoms with Gasteiger partial charge < -0.3 is 15.0 Å². The van der Waals surface area contributed by atoms with Crippen molar-refractivity contribution in [2.75, 3.05) is 23.9 Å². The fraction of sp³-hybridized carbons (Fsp3) is 0.227. The molecule has 7 heteroatoms. The Morgan fingerprint density at radius 2 is 2.03 bits per heavy atom. The third-order valence-electron chi connectivity index (χ3n) is 4.98. The van der Waals surface area contributed by atoms with Crippen molar-refractivity contribution in [1.82, 2.24) is 9.78 Å². The van der Waals surface area contributed by atoms with Crippen LogP contribution < -0.4 is 15.0 Å². The number of ether oxygens (including phenoxy) is 1. The van der Waals surface area contributed by atoms with Gasteiger partial charge in [-0.05, 0) is 48.0 Å². The summed E-state index contributed by atoms with van der Waals surface area (Å²) in [5, 5.41) is 7.15. The summed E-state index contributed by atoms with van der Waals surface area (Å²) in [6.07, 6.45) is 3.82. The first-order valence-electron chi connectivity index (χ1n) is 9.44. The summed E-state index contributed by atoms with van der Waals surface area (Å²) >= 11 is 0. The fourth-order valence-electron chi connectivity index (χ4n) is 3.47. The Morgan fingerprint density at radius 1 is 1.21 bits per heavy atom. The van der Waals surface area contributed by atoms with Crippen LogP contribution in [0.5, 0.6) is 5.75 Å². The average molecular weight is 390 g/mol. The van der Waals surface area contributed by atoms with Crippen molar-refractivity contribution >= 4 is 23.2 Å². The van der Waals surface area contributed by atoms with Crippen LogP contribution >= 0.6 is 0 Å². The molecule has 0 aliphatic carbocycles. The van der Waals surface area contributed by atoms with E-state index in [1.54, 1.807) is 30.3 Å². The second-order valence-electron chi connectivity index (χ2n) is 7.00. The maximum Gasteiger partial charge on any atom is 0.229 e. The molecule has 7 nitrogen and oxygen atoms in total. The molecule has 1 saturated heterocycles. The Labute approximate surface area is 168 Å². The summed E-state index contributed by atoms with van der Waals surface area (Å²) in [6.45, 7) is 0.994. The van der Waals surface area contributed by atoms with Crippen molar-refractivity contribution in [2.24, 2.45) is 5.92 Å². The predicted octanol–water partition coefficient (Wildman–Crippen LogP) is 2.93. The lowest BCUT2D eigenvalue weighted by Crippen LogP contribution is -2.28. The Hall–Kier alpha value is -3.61. The molecule has 0 saturated carbocycles. The van der Waals surface area contributed by atoms with Gasteiger partial charge in [-0.25, -0.2) is 0 Å². The zero-order chi connectivity index (χ0) is 20.2. The molecule has 1 fully saturated rings. The molecule has 1 unspecified atom stereocenters. The van der Waals surface area contributed by atoms with Crippen molar-refractivity contribution < 1.29 is 14.3 Å². The van der Waals surface area contributed by atoms with E-state index in [-0.39, 0.29) is 24.2 Å². The van der Waals surface area contributed by atoms with Crippen LogP contribution in [0.2, 0.25) is 0 Å². The van der Waals surface area contributed by atoms with Crippen LogP contribution in [-0.4, -0.2) is 35.2 Å². The van der Waals surface area contributed by atoms with Gasteiger partial charge in [0.2, 0.25) is 11.8 Å². The van der Waals surface area contributed by atoms with Crippen molar-refractivity contribution in [1.29, 1.82) is 0 Å². The van der Waals surface area contributed by atoms with Crippen molar-refractivity contribution in [3.05, 3.63) is 72.6 Å². The Balaban J connectivity index is 1.40. The quantitative estimate of drug-likeness (QED) is 0.702. The second-order valence-corrected chi connectivity index (χ2v) is 7.00. The lowest BCUT2D eigenvalue weighted by molar-refractivity contribution is -0.122. The summed E-state index contributed by atoms with van der Waals surface area (Å²) in [6, 6.07) is 16.8. The zero-order valence-corrected chi connectivity index (χ0v) is 16.1. The highest BCUT2D eigenvalue weighted by molar-refractivity contribution is 6.03.